The van der Waals surface area contributed by atoms with E-state index in [1.54, 1.807) is 6.08 Å². The van der Waals surface area contributed by atoms with E-state index in [1.807, 2.05) is 24.3 Å². The first kappa shape index (κ1) is 17.4. The van der Waals surface area contributed by atoms with Gasteiger partial charge in [0.25, 0.3) is 5.69 Å². The number of hydrogen-bond acceptors (Lipinski definition) is 4. The Morgan fingerprint density at radius 2 is 1.79 bits per heavy atom. The molecule has 0 aliphatic carbocycles. The van der Waals surface area contributed by atoms with Gasteiger partial charge in [0, 0.05) is 12.1 Å². The van der Waals surface area contributed by atoms with Gasteiger partial charge in [0.15, 0.2) is 0 Å². The lowest BCUT2D eigenvalue weighted by Crippen LogP contribution is -2.10. The minimum absolute atomic E-state index is 0.0726. The third-order valence-corrected chi connectivity index (χ3v) is 3.44. The molecular formula is C19H19NO4. The van der Waals surface area contributed by atoms with E-state index in [0.29, 0.717) is 0 Å². The number of nitro benzene ring substituents is 1. The van der Waals surface area contributed by atoms with Crippen LogP contribution in [0.3, 0.4) is 0 Å². The molecule has 124 valence electrons. The van der Waals surface area contributed by atoms with E-state index in [9.17, 15) is 14.9 Å². The normalized spacial score (nSPS) is 11.5. The molecule has 0 saturated carbocycles. The molecule has 2 rings (SSSR count). The van der Waals surface area contributed by atoms with Gasteiger partial charge in [0.05, 0.1) is 11.0 Å². The van der Waals surface area contributed by atoms with Crippen LogP contribution in [0.1, 0.15) is 31.9 Å². The van der Waals surface area contributed by atoms with Crippen molar-refractivity contribution in [2.75, 3.05) is 0 Å². The third kappa shape index (κ3) is 4.78. The number of benzene rings is 2. The predicted molar refractivity (Wildman–Crippen MR) is 92.9 cm³/mol. The number of hydrogen-bond donors (Lipinski definition) is 0. The Kier molecular flexibility index (Phi) is 5.14. The molecule has 0 aromatic heterocycles. The van der Waals surface area contributed by atoms with Crippen molar-refractivity contribution in [2.45, 2.75) is 26.2 Å². The number of esters is 1. The van der Waals surface area contributed by atoms with Gasteiger partial charge in [-0.3, -0.25) is 10.1 Å². The zero-order valence-electron chi connectivity index (χ0n) is 13.9. The molecule has 0 spiro atoms. The SMILES string of the molecule is CC(C)(C)c1ccc(/C=C/C(=O)Oc2cccc([N+](=O)[O-])c2)cc1. The van der Waals surface area contributed by atoms with E-state index >= 15 is 0 Å². The lowest BCUT2D eigenvalue weighted by molar-refractivity contribution is -0.384. The number of non-ortho nitro benzene ring substituents is 1. The van der Waals surface area contributed by atoms with Crippen LogP contribution in [0, 0.1) is 10.1 Å². The average molecular weight is 325 g/mol. The Bertz CT molecular complexity index is 771. The van der Waals surface area contributed by atoms with Gasteiger partial charge in [0.1, 0.15) is 5.75 Å². The van der Waals surface area contributed by atoms with Crippen LogP contribution in [0.4, 0.5) is 5.69 Å². The van der Waals surface area contributed by atoms with Crippen LogP contribution in [0.15, 0.2) is 54.6 Å². The topological polar surface area (TPSA) is 69.4 Å². The quantitative estimate of drug-likeness (QED) is 0.273. The molecule has 0 bridgehead atoms. The number of ether oxygens (including phenoxy) is 1. The smallest absolute Gasteiger partial charge is 0.336 e. The average Bonchev–Trinajstić information content (AvgIpc) is 2.53. The second-order valence-electron chi connectivity index (χ2n) is 6.38. The zero-order chi connectivity index (χ0) is 17.7. The Morgan fingerprint density at radius 1 is 1.12 bits per heavy atom. The number of carbonyl (C=O) groups is 1. The van der Waals surface area contributed by atoms with Crippen LogP contribution in [0.5, 0.6) is 5.75 Å². The summed E-state index contributed by atoms with van der Waals surface area (Å²) in [5.41, 5.74) is 2.03. The molecule has 0 aliphatic rings. The van der Waals surface area contributed by atoms with Crippen LogP contribution in [-0.2, 0) is 10.2 Å². The largest absolute Gasteiger partial charge is 0.423 e. The molecule has 0 atom stereocenters. The second-order valence-corrected chi connectivity index (χ2v) is 6.38. The molecule has 0 aliphatic heterocycles. The fourth-order valence-corrected chi connectivity index (χ4v) is 2.07. The molecule has 0 unspecified atom stereocenters. The second kappa shape index (κ2) is 7.08. The van der Waals surface area contributed by atoms with Gasteiger partial charge in [-0.1, -0.05) is 51.1 Å². The van der Waals surface area contributed by atoms with Crippen molar-refractivity contribution in [3.05, 3.63) is 75.8 Å². The maximum Gasteiger partial charge on any atom is 0.336 e. The minimum Gasteiger partial charge on any atom is -0.423 e. The molecule has 0 fully saturated rings. The van der Waals surface area contributed by atoms with Crippen molar-refractivity contribution in [1.29, 1.82) is 0 Å². The summed E-state index contributed by atoms with van der Waals surface area (Å²) in [5, 5.41) is 10.7. The van der Waals surface area contributed by atoms with Gasteiger partial charge in [-0.2, -0.15) is 0 Å². The maximum absolute atomic E-state index is 11.8. The highest BCUT2D eigenvalue weighted by Gasteiger charge is 2.12. The highest BCUT2D eigenvalue weighted by Crippen LogP contribution is 2.22. The first-order valence-electron chi connectivity index (χ1n) is 7.50. The van der Waals surface area contributed by atoms with Crippen LogP contribution in [0.25, 0.3) is 6.08 Å². The maximum atomic E-state index is 11.8. The highest BCUT2D eigenvalue weighted by molar-refractivity contribution is 5.88. The van der Waals surface area contributed by atoms with Gasteiger partial charge in [-0.25, -0.2) is 4.79 Å². The summed E-state index contributed by atoms with van der Waals surface area (Å²) in [6, 6.07) is 13.4. The van der Waals surface area contributed by atoms with E-state index in [1.165, 1.54) is 35.9 Å². The Morgan fingerprint density at radius 3 is 2.38 bits per heavy atom. The first-order valence-corrected chi connectivity index (χ1v) is 7.50. The highest BCUT2D eigenvalue weighted by atomic mass is 16.6. The number of nitro groups is 1. The Balaban J connectivity index is 2.03. The van der Waals surface area contributed by atoms with E-state index in [0.717, 1.165) is 5.56 Å². The molecule has 2 aromatic rings. The Labute approximate surface area is 140 Å². The summed E-state index contributed by atoms with van der Waals surface area (Å²) in [4.78, 5) is 22.0. The third-order valence-electron chi connectivity index (χ3n) is 3.44. The fraction of sp³-hybridized carbons (Fsp3) is 0.211. The van der Waals surface area contributed by atoms with Crippen LogP contribution in [-0.4, -0.2) is 10.9 Å². The van der Waals surface area contributed by atoms with Crippen LogP contribution < -0.4 is 4.74 Å². The van der Waals surface area contributed by atoms with Crippen molar-refractivity contribution in [3.63, 3.8) is 0 Å². The molecule has 0 amide bonds. The molecule has 5 heteroatoms. The lowest BCUT2D eigenvalue weighted by atomic mass is 9.87. The van der Waals surface area contributed by atoms with Crippen LogP contribution in [0.2, 0.25) is 0 Å². The summed E-state index contributed by atoms with van der Waals surface area (Å²) in [5.74, 6) is -0.447. The summed E-state index contributed by atoms with van der Waals surface area (Å²) in [7, 11) is 0. The molecule has 0 N–H and O–H groups in total. The summed E-state index contributed by atoms with van der Waals surface area (Å²) >= 11 is 0. The molecule has 5 nitrogen and oxygen atoms in total. The van der Waals surface area contributed by atoms with Gasteiger partial charge in [-0.15, -0.1) is 0 Å². The van der Waals surface area contributed by atoms with E-state index in [-0.39, 0.29) is 16.9 Å². The molecule has 24 heavy (non-hydrogen) atoms. The van der Waals surface area contributed by atoms with Gasteiger partial charge < -0.3 is 4.74 Å². The summed E-state index contributed by atoms with van der Waals surface area (Å²) in [6.45, 7) is 6.40. The van der Waals surface area contributed by atoms with E-state index < -0.39 is 10.9 Å². The summed E-state index contributed by atoms with van der Waals surface area (Å²) in [6.07, 6.45) is 2.94. The van der Waals surface area contributed by atoms with Crippen LogP contribution >= 0.6 is 0 Å². The van der Waals surface area contributed by atoms with Crippen molar-refractivity contribution >= 4 is 17.7 Å². The molecular weight excluding hydrogens is 306 g/mol. The van der Waals surface area contributed by atoms with Gasteiger partial charge >= 0.3 is 5.97 Å². The van der Waals surface area contributed by atoms with E-state index in [4.69, 9.17) is 4.74 Å². The van der Waals surface area contributed by atoms with Crippen molar-refractivity contribution in [3.8, 4) is 5.75 Å². The molecule has 2 aromatic carbocycles. The predicted octanol–water partition coefficient (Wildman–Crippen LogP) is 4.51. The number of carbonyl (C=O) groups excluding carboxylic acids is 1. The first-order chi connectivity index (χ1) is 11.3. The van der Waals surface area contributed by atoms with Crippen molar-refractivity contribution < 1.29 is 14.5 Å². The van der Waals surface area contributed by atoms with Crippen molar-refractivity contribution in [2.24, 2.45) is 0 Å². The molecule has 0 saturated heterocycles. The zero-order valence-corrected chi connectivity index (χ0v) is 13.9. The van der Waals surface area contributed by atoms with E-state index in [2.05, 4.69) is 20.8 Å². The van der Waals surface area contributed by atoms with Crippen molar-refractivity contribution in [1.82, 2.24) is 0 Å². The molecule has 0 heterocycles. The lowest BCUT2D eigenvalue weighted by Gasteiger charge is -2.18. The van der Waals surface area contributed by atoms with Gasteiger partial charge in [0.2, 0.25) is 0 Å². The summed E-state index contributed by atoms with van der Waals surface area (Å²) < 4.78 is 5.07. The van der Waals surface area contributed by atoms with Gasteiger partial charge in [-0.05, 0) is 28.7 Å². The number of nitrogens with zero attached hydrogens (tertiary/aromatic N) is 1. The number of rotatable bonds is 4. The minimum atomic E-state index is -0.588. The monoisotopic (exact) mass is 325 g/mol. The Hall–Kier alpha value is -2.95. The standard InChI is InChI=1S/C19H19NO4/c1-19(2,3)15-10-7-14(8-11-15)9-12-18(21)24-17-6-4-5-16(13-17)20(22)23/h4-13H,1-3H3/b12-9+. The fourth-order valence-electron chi connectivity index (χ4n) is 2.07. The molecule has 0 radical (unpaired) electrons.